The number of carboxylic acids is 1. The van der Waals surface area contributed by atoms with Crippen molar-refractivity contribution in [3.63, 3.8) is 0 Å². The van der Waals surface area contributed by atoms with Gasteiger partial charge >= 0.3 is 0 Å². The van der Waals surface area contributed by atoms with E-state index in [2.05, 4.69) is 10.1 Å². The normalized spacial score (nSPS) is 10.8. The fourth-order valence-corrected chi connectivity index (χ4v) is 3.62. The van der Waals surface area contributed by atoms with Crippen LogP contribution in [0.25, 0.3) is 11.0 Å². The van der Waals surface area contributed by atoms with E-state index >= 15 is 0 Å². The lowest BCUT2D eigenvalue weighted by molar-refractivity contribution is -0.134. The molecule has 154 valence electrons. The molecule has 0 unspecified atom stereocenters. The van der Waals surface area contributed by atoms with Crippen molar-refractivity contribution in [2.24, 2.45) is 5.84 Å². The van der Waals surface area contributed by atoms with Gasteiger partial charge in [-0.1, -0.05) is 17.7 Å². The highest BCUT2D eigenvalue weighted by atomic mass is 32.2. The number of carbonyl (C=O) groups is 2. The number of aliphatic carboxylic acids is 1. The second-order valence-electron chi connectivity index (χ2n) is 6.16. The highest BCUT2D eigenvalue weighted by Gasteiger charge is 2.19. The molecule has 29 heavy (non-hydrogen) atoms. The van der Waals surface area contributed by atoms with Crippen molar-refractivity contribution in [3.05, 3.63) is 59.4 Å². The average molecular weight is 419 g/mol. The van der Waals surface area contributed by atoms with Gasteiger partial charge in [-0.25, -0.2) is 14.3 Å². The quantitative estimate of drug-likeness (QED) is 0.288. The van der Waals surface area contributed by atoms with E-state index in [1.54, 1.807) is 37.3 Å². The molecule has 0 spiro atoms. The molecule has 10 heteroatoms. The number of furan rings is 1. The minimum absolute atomic E-state index is 0.154. The van der Waals surface area contributed by atoms with Crippen LogP contribution in [0, 0.1) is 13.8 Å². The van der Waals surface area contributed by atoms with Crippen LogP contribution in [0.3, 0.4) is 0 Å². The summed E-state index contributed by atoms with van der Waals surface area (Å²) in [4.78, 5) is 21.1. The molecular weight excluding hydrogens is 398 g/mol. The number of anilines is 1. The van der Waals surface area contributed by atoms with Gasteiger partial charge in [-0.15, -0.1) is 0 Å². The lowest BCUT2D eigenvalue weighted by Crippen LogP contribution is -2.30. The first-order valence-electron chi connectivity index (χ1n) is 8.38. The van der Waals surface area contributed by atoms with E-state index in [1.807, 2.05) is 6.92 Å². The zero-order valence-corrected chi connectivity index (χ0v) is 16.8. The summed E-state index contributed by atoms with van der Waals surface area (Å²) in [6.45, 7) is 4.60. The van der Waals surface area contributed by atoms with Gasteiger partial charge in [-0.05, 0) is 44.2 Å². The van der Waals surface area contributed by atoms with Crippen LogP contribution in [0.15, 0.2) is 51.8 Å². The Kier molecular flexibility index (Phi) is 6.62. The van der Waals surface area contributed by atoms with Crippen molar-refractivity contribution in [1.82, 2.24) is 5.43 Å². The monoisotopic (exact) mass is 419 g/mol. The molecule has 0 saturated heterocycles. The first-order valence-corrected chi connectivity index (χ1v) is 9.86. The summed E-state index contributed by atoms with van der Waals surface area (Å²) in [5.41, 5.74) is 4.08. The second-order valence-corrected chi connectivity index (χ2v) is 7.84. The summed E-state index contributed by atoms with van der Waals surface area (Å²) in [5, 5.41) is 7.89. The van der Waals surface area contributed by atoms with Gasteiger partial charge < -0.3 is 9.52 Å². The van der Waals surface area contributed by atoms with Gasteiger partial charge in [0, 0.05) is 18.0 Å². The number of hydrogen-bond acceptors (Lipinski definition) is 6. The molecule has 1 heterocycles. The lowest BCUT2D eigenvalue weighted by atomic mass is 10.1. The SMILES string of the molecule is CC(=O)O.Cc1ccc(S(=O)(=O)Nc2ccc3oc(C)c(C(=O)NN)c3c2)cc1. The number of aryl methyl sites for hydroxylation is 2. The van der Waals surface area contributed by atoms with Gasteiger partial charge in [0.05, 0.1) is 10.5 Å². The van der Waals surface area contributed by atoms with Crippen LogP contribution in [-0.2, 0) is 14.8 Å². The van der Waals surface area contributed by atoms with Gasteiger partial charge in [0.25, 0.3) is 21.9 Å². The van der Waals surface area contributed by atoms with E-state index in [0.717, 1.165) is 12.5 Å². The first-order chi connectivity index (χ1) is 13.5. The van der Waals surface area contributed by atoms with Crippen LogP contribution < -0.4 is 16.0 Å². The second kappa shape index (κ2) is 8.76. The third kappa shape index (κ3) is 5.33. The highest BCUT2D eigenvalue weighted by Crippen LogP contribution is 2.29. The Morgan fingerprint density at radius 2 is 1.66 bits per heavy atom. The predicted octanol–water partition coefficient (Wildman–Crippen LogP) is 2.54. The van der Waals surface area contributed by atoms with E-state index in [-0.39, 0.29) is 10.5 Å². The number of hydrazine groups is 1. The molecular formula is C19H21N3O6S. The zero-order valence-electron chi connectivity index (χ0n) is 16.0. The van der Waals surface area contributed by atoms with E-state index in [9.17, 15) is 13.2 Å². The van der Waals surface area contributed by atoms with Crippen LogP contribution in [0.4, 0.5) is 5.69 Å². The summed E-state index contributed by atoms with van der Waals surface area (Å²) >= 11 is 0. The Bertz CT molecular complexity index is 1150. The van der Waals surface area contributed by atoms with Crippen molar-refractivity contribution in [1.29, 1.82) is 0 Å². The number of rotatable bonds is 4. The molecule has 0 saturated carbocycles. The van der Waals surface area contributed by atoms with Crippen molar-refractivity contribution in [2.45, 2.75) is 25.7 Å². The van der Waals surface area contributed by atoms with E-state index in [1.165, 1.54) is 12.1 Å². The van der Waals surface area contributed by atoms with E-state index < -0.39 is 21.9 Å². The number of fused-ring (bicyclic) bond motifs is 1. The number of carbonyl (C=O) groups excluding carboxylic acids is 1. The Balaban J connectivity index is 0.000000687. The largest absolute Gasteiger partial charge is 0.481 e. The molecule has 0 atom stereocenters. The Morgan fingerprint density at radius 1 is 1.07 bits per heavy atom. The third-order valence-corrected chi connectivity index (χ3v) is 5.20. The molecule has 9 nitrogen and oxygen atoms in total. The molecule has 0 fully saturated rings. The topological polar surface area (TPSA) is 152 Å². The summed E-state index contributed by atoms with van der Waals surface area (Å²) < 4.78 is 33.0. The minimum atomic E-state index is -3.74. The number of amides is 1. The summed E-state index contributed by atoms with van der Waals surface area (Å²) in [6.07, 6.45) is 0. The Labute approximate surface area is 167 Å². The van der Waals surface area contributed by atoms with Gasteiger partial charge in [0.1, 0.15) is 11.3 Å². The predicted molar refractivity (Wildman–Crippen MR) is 108 cm³/mol. The molecule has 3 aromatic rings. The number of hydrogen-bond donors (Lipinski definition) is 4. The maximum absolute atomic E-state index is 12.5. The van der Waals surface area contributed by atoms with Crippen molar-refractivity contribution in [2.75, 3.05) is 4.72 Å². The summed E-state index contributed by atoms with van der Waals surface area (Å²) in [5.74, 6) is 4.26. The molecule has 0 aliphatic rings. The third-order valence-electron chi connectivity index (χ3n) is 3.81. The number of nitrogen functional groups attached to an aromatic ring is 1. The molecule has 0 radical (unpaired) electrons. The molecule has 1 amide bonds. The summed E-state index contributed by atoms with van der Waals surface area (Å²) in [7, 11) is -3.74. The standard InChI is InChI=1S/C17H17N3O4S.C2H4O2/c1-10-3-6-13(7-4-10)25(22,23)20-12-5-8-15-14(9-12)16(11(2)24-15)17(21)19-18;1-2(3)4/h3-9,20H,18H2,1-2H3,(H,19,21);1H3,(H,3,4). The fourth-order valence-electron chi connectivity index (χ4n) is 2.57. The van der Waals surface area contributed by atoms with Crippen molar-refractivity contribution >= 4 is 38.6 Å². The highest BCUT2D eigenvalue weighted by molar-refractivity contribution is 7.92. The average Bonchev–Trinajstić information content (AvgIpc) is 2.96. The lowest BCUT2D eigenvalue weighted by Gasteiger charge is -2.08. The molecule has 3 rings (SSSR count). The Hall–Kier alpha value is -3.37. The zero-order chi connectivity index (χ0) is 21.8. The van der Waals surface area contributed by atoms with Crippen LogP contribution in [0.5, 0.6) is 0 Å². The maximum Gasteiger partial charge on any atom is 0.300 e. The van der Waals surface area contributed by atoms with Crippen LogP contribution >= 0.6 is 0 Å². The van der Waals surface area contributed by atoms with Crippen molar-refractivity contribution < 1.29 is 27.5 Å². The fraction of sp³-hybridized carbons (Fsp3) is 0.158. The van der Waals surface area contributed by atoms with Gasteiger partial charge in [-0.2, -0.15) is 0 Å². The molecule has 5 N–H and O–H groups in total. The number of nitrogens with two attached hydrogens (primary N) is 1. The van der Waals surface area contributed by atoms with Crippen molar-refractivity contribution in [3.8, 4) is 0 Å². The van der Waals surface area contributed by atoms with Gasteiger partial charge in [0.2, 0.25) is 0 Å². The molecule has 0 aliphatic carbocycles. The van der Waals surface area contributed by atoms with Crippen LogP contribution in [0.1, 0.15) is 28.6 Å². The summed E-state index contributed by atoms with van der Waals surface area (Å²) in [6, 6.07) is 11.2. The molecule has 1 aromatic heterocycles. The van der Waals surface area contributed by atoms with E-state index in [0.29, 0.717) is 22.4 Å². The number of sulfonamides is 1. The number of benzene rings is 2. The molecule has 2 aromatic carbocycles. The van der Waals surface area contributed by atoms with Gasteiger partial charge in [-0.3, -0.25) is 19.7 Å². The first kappa shape index (κ1) is 21.9. The maximum atomic E-state index is 12.5. The minimum Gasteiger partial charge on any atom is -0.481 e. The van der Waals surface area contributed by atoms with Gasteiger partial charge in [0.15, 0.2) is 0 Å². The van der Waals surface area contributed by atoms with E-state index in [4.69, 9.17) is 20.2 Å². The van der Waals surface area contributed by atoms with Crippen LogP contribution in [0.2, 0.25) is 0 Å². The number of carboxylic acid groups (broad SMARTS) is 1. The molecule has 0 bridgehead atoms. The Morgan fingerprint density at radius 3 is 2.21 bits per heavy atom. The smallest absolute Gasteiger partial charge is 0.300 e. The van der Waals surface area contributed by atoms with Crippen LogP contribution in [-0.4, -0.2) is 25.4 Å². The molecule has 0 aliphatic heterocycles. The number of nitrogens with one attached hydrogen (secondary N) is 2.